The molecule has 0 aliphatic rings. The van der Waals surface area contributed by atoms with E-state index in [9.17, 15) is 18.0 Å². The molecule has 0 saturated carbocycles. The number of esters is 1. The normalized spacial score (nSPS) is 11.0. The van der Waals surface area contributed by atoms with Crippen LogP contribution in [0.2, 0.25) is 0 Å². The zero-order valence-electron chi connectivity index (χ0n) is 14.2. The molecule has 0 spiro atoms. The van der Waals surface area contributed by atoms with Crippen LogP contribution in [0.4, 0.5) is 5.69 Å². The molecule has 3 rings (SSSR count). The minimum Gasteiger partial charge on any atom is -0.465 e. The number of para-hydroxylation sites is 1. The Bertz CT molecular complexity index is 1090. The van der Waals surface area contributed by atoms with Crippen LogP contribution in [0.1, 0.15) is 20.9 Å². The largest absolute Gasteiger partial charge is 0.465 e. The summed E-state index contributed by atoms with van der Waals surface area (Å²) in [6.07, 6.45) is 0. The van der Waals surface area contributed by atoms with Gasteiger partial charge in [0, 0.05) is 0 Å². The molecule has 0 saturated heterocycles. The van der Waals surface area contributed by atoms with Crippen molar-refractivity contribution in [3.05, 3.63) is 78.1 Å². The molecular formula is C19H15NO6S. The van der Waals surface area contributed by atoms with E-state index >= 15 is 0 Å². The average molecular weight is 385 g/mol. The summed E-state index contributed by atoms with van der Waals surface area (Å²) < 4.78 is 35.0. The van der Waals surface area contributed by atoms with Gasteiger partial charge in [0.2, 0.25) is 14.9 Å². The number of ether oxygens (including phenoxy) is 1. The lowest BCUT2D eigenvalue weighted by Crippen LogP contribution is -2.14. The highest BCUT2D eigenvalue weighted by atomic mass is 32.2. The summed E-state index contributed by atoms with van der Waals surface area (Å²) in [5, 5.41) is 2.17. The summed E-state index contributed by atoms with van der Waals surface area (Å²) in [4.78, 5) is 24.2. The average Bonchev–Trinajstić information content (AvgIpc) is 3.20. The minimum absolute atomic E-state index is 0.0577. The van der Waals surface area contributed by atoms with Crippen LogP contribution in [-0.2, 0) is 14.6 Å². The molecule has 3 aromatic rings. The summed E-state index contributed by atoms with van der Waals surface area (Å²) in [6.45, 7) is 0. The third kappa shape index (κ3) is 3.75. The molecule has 0 radical (unpaired) electrons. The molecule has 1 aromatic heterocycles. The van der Waals surface area contributed by atoms with Crippen LogP contribution in [0.3, 0.4) is 0 Å². The number of anilines is 1. The first-order chi connectivity index (χ1) is 12.9. The van der Waals surface area contributed by atoms with Gasteiger partial charge in [0.1, 0.15) is 0 Å². The van der Waals surface area contributed by atoms with Crippen molar-refractivity contribution < 1.29 is 27.2 Å². The van der Waals surface area contributed by atoms with Crippen molar-refractivity contribution in [1.82, 2.24) is 0 Å². The van der Waals surface area contributed by atoms with Crippen molar-refractivity contribution >= 4 is 27.4 Å². The van der Waals surface area contributed by atoms with E-state index in [1.165, 1.54) is 43.5 Å². The van der Waals surface area contributed by atoms with E-state index in [2.05, 4.69) is 10.1 Å². The van der Waals surface area contributed by atoms with E-state index in [1.807, 2.05) is 0 Å². The second-order valence-corrected chi connectivity index (χ2v) is 7.31. The van der Waals surface area contributed by atoms with Gasteiger partial charge in [-0.1, -0.05) is 30.3 Å². The van der Waals surface area contributed by atoms with E-state index in [1.54, 1.807) is 30.3 Å². The van der Waals surface area contributed by atoms with Gasteiger partial charge in [-0.25, -0.2) is 13.2 Å². The maximum atomic E-state index is 12.5. The lowest BCUT2D eigenvalue weighted by Gasteiger charge is -2.08. The Morgan fingerprint density at radius 2 is 1.59 bits per heavy atom. The molecule has 27 heavy (non-hydrogen) atoms. The van der Waals surface area contributed by atoms with Crippen LogP contribution in [0, 0.1) is 0 Å². The number of hydrogen-bond donors (Lipinski definition) is 1. The molecule has 7 nitrogen and oxygen atoms in total. The van der Waals surface area contributed by atoms with Gasteiger partial charge in [-0.05, 0) is 36.4 Å². The monoisotopic (exact) mass is 385 g/mol. The number of benzene rings is 2. The van der Waals surface area contributed by atoms with E-state index in [0.717, 1.165) is 0 Å². The molecular weight excluding hydrogens is 370 g/mol. The third-order valence-corrected chi connectivity index (χ3v) is 5.35. The summed E-state index contributed by atoms with van der Waals surface area (Å²) >= 11 is 0. The van der Waals surface area contributed by atoms with Crippen LogP contribution < -0.4 is 5.32 Å². The number of amides is 1. The standard InChI is InChI=1S/C19H15NO6S/c1-25-19(22)14-9-5-6-10-15(14)20-18(21)16-11-12-17(26-16)27(23,24)13-7-3-2-4-8-13/h2-12H,1H3,(H,20,21). The molecule has 0 bridgehead atoms. The van der Waals surface area contributed by atoms with E-state index < -0.39 is 21.7 Å². The summed E-state index contributed by atoms with van der Waals surface area (Å²) in [7, 11) is -2.64. The predicted octanol–water partition coefficient (Wildman–Crippen LogP) is 3.15. The third-order valence-electron chi connectivity index (χ3n) is 3.70. The fourth-order valence-corrected chi connectivity index (χ4v) is 3.56. The number of sulfone groups is 1. The summed E-state index contributed by atoms with van der Waals surface area (Å²) in [6, 6.07) is 16.5. The van der Waals surface area contributed by atoms with Gasteiger partial charge in [-0.15, -0.1) is 0 Å². The SMILES string of the molecule is COC(=O)c1ccccc1NC(=O)c1ccc(S(=O)(=O)c2ccccc2)o1. The van der Waals surface area contributed by atoms with Gasteiger partial charge in [-0.2, -0.15) is 0 Å². The molecule has 1 N–H and O–H groups in total. The number of nitrogens with one attached hydrogen (secondary N) is 1. The lowest BCUT2D eigenvalue weighted by atomic mass is 10.2. The molecule has 1 heterocycles. The second kappa shape index (κ2) is 7.46. The molecule has 0 aliphatic heterocycles. The number of rotatable bonds is 5. The van der Waals surface area contributed by atoms with Crippen molar-refractivity contribution in [2.45, 2.75) is 9.99 Å². The first-order valence-electron chi connectivity index (χ1n) is 7.82. The van der Waals surface area contributed by atoms with Crippen molar-refractivity contribution in [2.24, 2.45) is 0 Å². The molecule has 8 heteroatoms. The molecule has 0 fully saturated rings. The van der Waals surface area contributed by atoms with Crippen LogP contribution in [0.15, 0.2) is 81.1 Å². The fraction of sp³-hybridized carbons (Fsp3) is 0.0526. The van der Waals surface area contributed by atoms with Crippen molar-refractivity contribution in [3.63, 3.8) is 0 Å². The Labute approximate surface area is 155 Å². The molecule has 2 aromatic carbocycles. The number of carbonyl (C=O) groups excluding carboxylic acids is 2. The first-order valence-corrected chi connectivity index (χ1v) is 9.30. The Balaban J connectivity index is 1.86. The minimum atomic E-state index is -3.87. The van der Waals surface area contributed by atoms with Gasteiger partial charge >= 0.3 is 5.97 Å². The molecule has 1 amide bonds. The summed E-state index contributed by atoms with van der Waals surface area (Å²) in [5.74, 6) is -1.51. The fourth-order valence-electron chi connectivity index (χ4n) is 2.37. The highest BCUT2D eigenvalue weighted by molar-refractivity contribution is 7.91. The first kappa shape index (κ1) is 18.4. The van der Waals surface area contributed by atoms with Crippen LogP contribution >= 0.6 is 0 Å². The zero-order chi connectivity index (χ0) is 19.4. The molecule has 0 aliphatic carbocycles. The molecule has 0 atom stereocenters. The Morgan fingerprint density at radius 3 is 2.30 bits per heavy atom. The number of furan rings is 1. The quantitative estimate of drug-likeness (QED) is 0.677. The van der Waals surface area contributed by atoms with E-state index in [-0.39, 0.29) is 27.0 Å². The maximum Gasteiger partial charge on any atom is 0.339 e. The van der Waals surface area contributed by atoms with Gasteiger partial charge in [0.15, 0.2) is 5.76 Å². The van der Waals surface area contributed by atoms with Gasteiger partial charge in [0.25, 0.3) is 5.91 Å². The Hall–Kier alpha value is -3.39. The molecule has 0 unspecified atom stereocenters. The van der Waals surface area contributed by atoms with E-state index in [0.29, 0.717) is 0 Å². The van der Waals surface area contributed by atoms with E-state index in [4.69, 9.17) is 4.42 Å². The number of hydrogen-bond acceptors (Lipinski definition) is 6. The van der Waals surface area contributed by atoms with Crippen molar-refractivity contribution in [3.8, 4) is 0 Å². The lowest BCUT2D eigenvalue weighted by molar-refractivity contribution is 0.0602. The molecule has 138 valence electrons. The summed E-state index contributed by atoms with van der Waals surface area (Å²) in [5.41, 5.74) is 0.384. The second-order valence-electron chi connectivity index (χ2n) is 5.43. The van der Waals surface area contributed by atoms with Gasteiger partial charge in [-0.3, -0.25) is 4.79 Å². The maximum absolute atomic E-state index is 12.5. The van der Waals surface area contributed by atoms with Crippen LogP contribution in [-0.4, -0.2) is 27.4 Å². The zero-order valence-corrected chi connectivity index (χ0v) is 15.0. The van der Waals surface area contributed by atoms with Crippen LogP contribution in [0.5, 0.6) is 0 Å². The van der Waals surface area contributed by atoms with Crippen LogP contribution in [0.25, 0.3) is 0 Å². The Kier molecular flexibility index (Phi) is 5.09. The highest BCUT2D eigenvalue weighted by Crippen LogP contribution is 2.24. The smallest absolute Gasteiger partial charge is 0.339 e. The number of carbonyl (C=O) groups is 2. The highest BCUT2D eigenvalue weighted by Gasteiger charge is 2.24. The topological polar surface area (TPSA) is 103 Å². The predicted molar refractivity (Wildman–Crippen MR) is 96.3 cm³/mol. The van der Waals surface area contributed by atoms with Crippen molar-refractivity contribution in [1.29, 1.82) is 0 Å². The number of methoxy groups -OCH3 is 1. The van der Waals surface area contributed by atoms with Crippen molar-refractivity contribution in [2.75, 3.05) is 12.4 Å². The Morgan fingerprint density at radius 1 is 0.926 bits per heavy atom. The van der Waals surface area contributed by atoms with Gasteiger partial charge < -0.3 is 14.5 Å². The van der Waals surface area contributed by atoms with Gasteiger partial charge in [0.05, 0.1) is 23.3 Å².